The number of methoxy groups -OCH3 is 2. The first kappa shape index (κ1) is 17.2. The van der Waals surface area contributed by atoms with Gasteiger partial charge in [0.15, 0.2) is 11.5 Å². The second-order valence-corrected chi connectivity index (χ2v) is 5.07. The Bertz CT molecular complexity index is 475. The highest BCUT2D eigenvalue weighted by molar-refractivity contribution is 5.54. The fourth-order valence-corrected chi connectivity index (χ4v) is 1.86. The molecule has 116 valence electrons. The molecule has 0 aliphatic rings. The van der Waals surface area contributed by atoms with Crippen LogP contribution in [0.15, 0.2) is 12.1 Å². The fraction of sp³-hybridized carbons (Fsp3) is 0.529. The van der Waals surface area contributed by atoms with Crippen molar-refractivity contribution in [1.82, 2.24) is 5.32 Å². The third-order valence-electron chi connectivity index (χ3n) is 2.87. The monoisotopic (exact) mass is 291 g/mol. The summed E-state index contributed by atoms with van der Waals surface area (Å²) in [6.07, 6.45) is 0. The maximum Gasteiger partial charge on any atom is 0.204 e. The first-order chi connectivity index (χ1) is 10.1. The number of hydrogen-bond acceptors (Lipinski definition) is 4. The molecule has 0 aliphatic heterocycles. The minimum Gasteiger partial charge on any atom is -0.493 e. The van der Waals surface area contributed by atoms with E-state index in [1.165, 1.54) is 0 Å². The Hall–Kier alpha value is -1.86. The predicted octanol–water partition coefficient (Wildman–Crippen LogP) is 2.85. The SMILES string of the molecule is CC#CCOc1c(OC)cc(CNCC(C)C)cc1OC. The number of hydrogen-bond donors (Lipinski definition) is 1. The summed E-state index contributed by atoms with van der Waals surface area (Å²) in [6.45, 7) is 8.18. The van der Waals surface area contributed by atoms with Gasteiger partial charge in [0.25, 0.3) is 0 Å². The minimum absolute atomic E-state index is 0.314. The molecule has 0 bridgehead atoms. The van der Waals surface area contributed by atoms with E-state index in [1.807, 2.05) is 12.1 Å². The van der Waals surface area contributed by atoms with Crippen LogP contribution in [-0.2, 0) is 6.54 Å². The van der Waals surface area contributed by atoms with Crippen molar-refractivity contribution in [3.8, 4) is 29.1 Å². The van der Waals surface area contributed by atoms with E-state index >= 15 is 0 Å². The van der Waals surface area contributed by atoms with Gasteiger partial charge in [0.05, 0.1) is 14.2 Å². The highest BCUT2D eigenvalue weighted by Gasteiger charge is 2.13. The first-order valence-corrected chi connectivity index (χ1v) is 7.10. The van der Waals surface area contributed by atoms with E-state index in [-0.39, 0.29) is 0 Å². The Morgan fingerprint density at radius 3 is 2.24 bits per heavy atom. The Labute approximate surface area is 127 Å². The molecule has 0 heterocycles. The lowest BCUT2D eigenvalue weighted by molar-refractivity contribution is 0.304. The molecule has 0 saturated heterocycles. The molecule has 4 nitrogen and oxygen atoms in total. The van der Waals surface area contributed by atoms with Gasteiger partial charge in [-0.1, -0.05) is 19.8 Å². The fourth-order valence-electron chi connectivity index (χ4n) is 1.86. The molecule has 0 radical (unpaired) electrons. The van der Waals surface area contributed by atoms with Gasteiger partial charge in [0, 0.05) is 6.54 Å². The summed E-state index contributed by atoms with van der Waals surface area (Å²) in [5.41, 5.74) is 1.10. The molecule has 1 aromatic rings. The van der Waals surface area contributed by atoms with Crippen LogP contribution in [0.5, 0.6) is 17.2 Å². The van der Waals surface area contributed by atoms with Crippen LogP contribution in [0, 0.1) is 17.8 Å². The summed E-state index contributed by atoms with van der Waals surface area (Å²) in [6, 6.07) is 3.93. The maximum atomic E-state index is 5.64. The maximum absolute atomic E-state index is 5.64. The summed E-state index contributed by atoms with van der Waals surface area (Å²) in [5.74, 6) is 8.19. The van der Waals surface area contributed by atoms with Crippen molar-refractivity contribution in [2.24, 2.45) is 5.92 Å². The zero-order valence-corrected chi connectivity index (χ0v) is 13.6. The van der Waals surface area contributed by atoms with Crippen molar-refractivity contribution in [3.63, 3.8) is 0 Å². The molecule has 21 heavy (non-hydrogen) atoms. The van der Waals surface area contributed by atoms with E-state index < -0.39 is 0 Å². The van der Waals surface area contributed by atoms with Gasteiger partial charge in [-0.3, -0.25) is 0 Å². The number of benzene rings is 1. The first-order valence-electron chi connectivity index (χ1n) is 7.10. The van der Waals surface area contributed by atoms with Gasteiger partial charge in [-0.15, -0.1) is 5.92 Å². The van der Waals surface area contributed by atoms with Crippen molar-refractivity contribution < 1.29 is 14.2 Å². The van der Waals surface area contributed by atoms with Gasteiger partial charge < -0.3 is 19.5 Å². The molecule has 0 saturated carbocycles. The van der Waals surface area contributed by atoms with Gasteiger partial charge in [0.2, 0.25) is 5.75 Å². The third kappa shape index (κ3) is 5.57. The second kappa shape index (κ2) is 9.15. The van der Waals surface area contributed by atoms with Gasteiger partial charge in [0.1, 0.15) is 6.61 Å². The molecule has 0 spiro atoms. The van der Waals surface area contributed by atoms with Gasteiger partial charge in [-0.2, -0.15) is 0 Å². The lowest BCUT2D eigenvalue weighted by Gasteiger charge is -2.15. The van der Waals surface area contributed by atoms with Crippen molar-refractivity contribution in [3.05, 3.63) is 17.7 Å². The Balaban J connectivity index is 2.90. The van der Waals surface area contributed by atoms with Crippen molar-refractivity contribution in [2.45, 2.75) is 27.3 Å². The Morgan fingerprint density at radius 2 is 1.76 bits per heavy atom. The lowest BCUT2D eigenvalue weighted by Crippen LogP contribution is -2.19. The molecule has 0 aromatic heterocycles. The molecular formula is C17H25NO3. The Morgan fingerprint density at radius 1 is 1.14 bits per heavy atom. The standard InChI is InChI=1S/C17H25NO3/c1-6-7-8-21-17-15(19-4)9-14(10-16(17)20-5)12-18-11-13(2)3/h9-10,13,18H,8,11-12H2,1-5H3. The molecule has 1 rings (SSSR count). The van der Waals surface area contributed by atoms with Crippen LogP contribution in [0.3, 0.4) is 0 Å². The molecule has 1 aromatic carbocycles. The second-order valence-electron chi connectivity index (χ2n) is 5.07. The highest BCUT2D eigenvalue weighted by atomic mass is 16.5. The summed E-state index contributed by atoms with van der Waals surface area (Å²) >= 11 is 0. The highest BCUT2D eigenvalue weighted by Crippen LogP contribution is 2.38. The van der Waals surface area contributed by atoms with Crippen LogP contribution >= 0.6 is 0 Å². The van der Waals surface area contributed by atoms with Crippen LogP contribution in [0.1, 0.15) is 26.3 Å². The summed E-state index contributed by atoms with van der Waals surface area (Å²) in [5, 5.41) is 3.40. The number of ether oxygens (including phenoxy) is 3. The molecule has 0 fully saturated rings. The third-order valence-corrected chi connectivity index (χ3v) is 2.87. The summed E-state index contributed by atoms with van der Waals surface area (Å²) in [7, 11) is 3.25. The van der Waals surface area contributed by atoms with E-state index in [4.69, 9.17) is 14.2 Å². The normalized spacial score (nSPS) is 10.0. The van der Waals surface area contributed by atoms with Gasteiger partial charge in [-0.05, 0) is 37.1 Å². The molecule has 0 atom stereocenters. The Kier molecular flexibility index (Phi) is 7.49. The van der Waals surface area contributed by atoms with E-state index in [1.54, 1.807) is 21.1 Å². The van der Waals surface area contributed by atoms with E-state index in [9.17, 15) is 0 Å². The predicted molar refractivity (Wildman–Crippen MR) is 85.0 cm³/mol. The average Bonchev–Trinajstić information content (AvgIpc) is 2.47. The smallest absolute Gasteiger partial charge is 0.204 e. The van der Waals surface area contributed by atoms with Crippen LogP contribution in [-0.4, -0.2) is 27.4 Å². The quantitative estimate of drug-likeness (QED) is 0.748. The topological polar surface area (TPSA) is 39.7 Å². The number of rotatable bonds is 8. The van der Waals surface area contributed by atoms with Crippen LogP contribution in [0.4, 0.5) is 0 Å². The van der Waals surface area contributed by atoms with Crippen LogP contribution < -0.4 is 19.5 Å². The zero-order chi connectivity index (χ0) is 15.7. The molecule has 0 unspecified atom stereocenters. The zero-order valence-electron chi connectivity index (χ0n) is 13.6. The minimum atomic E-state index is 0.314. The van der Waals surface area contributed by atoms with Gasteiger partial charge in [-0.25, -0.2) is 0 Å². The van der Waals surface area contributed by atoms with E-state index in [2.05, 4.69) is 31.0 Å². The van der Waals surface area contributed by atoms with Crippen LogP contribution in [0.2, 0.25) is 0 Å². The van der Waals surface area contributed by atoms with Crippen LogP contribution in [0.25, 0.3) is 0 Å². The largest absolute Gasteiger partial charge is 0.493 e. The molecule has 1 N–H and O–H groups in total. The number of nitrogens with one attached hydrogen (secondary N) is 1. The molecular weight excluding hydrogens is 266 g/mol. The molecule has 0 amide bonds. The van der Waals surface area contributed by atoms with Gasteiger partial charge >= 0.3 is 0 Å². The van der Waals surface area contributed by atoms with Crippen molar-refractivity contribution in [2.75, 3.05) is 27.4 Å². The average molecular weight is 291 g/mol. The van der Waals surface area contributed by atoms with E-state index in [0.29, 0.717) is 29.8 Å². The van der Waals surface area contributed by atoms with Crippen molar-refractivity contribution >= 4 is 0 Å². The van der Waals surface area contributed by atoms with Crippen molar-refractivity contribution in [1.29, 1.82) is 0 Å². The summed E-state index contributed by atoms with van der Waals surface area (Å²) < 4.78 is 16.5. The lowest BCUT2D eigenvalue weighted by atomic mass is 10.1. The van der Waals surface area contributed by atoms with E-state index in [0.717, 1.165) is 18.7 Å². The summed E-state index contributed by atoms with van der Waals surface area (Å²) in [4.78, 5) is 0. The molecule has 4 heteroatoms. The molecule has 0 aliphatic carbocycles.